The Labute approximate surface area is 125 Å². The van der Waals surface area contributed by atoms with Gasteiger partial charge in [0.2, 0.25) is 0 Å². The zero-order valence-electron chi connectivity index (χ0n) is 12.4. The van der Waals surface area contributed by atoms with E-state index in [2.05, 4.69) is 11.8 Å². The number of carbonyl (C=O) groups excluding carboxylic acids is 1. The van der Waals surface area contributed by atoms with Crippen molar-refractivity contribution in [2.75, 3.05) is 26.2 Å². The molecule has 0 aliphatic carbocycles. The second-order valence-corrected chi connectivity index (χ2v) is 5.45. The fraction of sp³-hybridized carbons (Fsp3) is 0.471. The molecule has 1 aromatic carbocycles. The van der Waals surface area contributed by atoms with Crippen LogP contribution in [0.2, 0.25) is 0 Å². The molecule has 1 atom stereocenters. The lowest BCUT2D eigenvalue weighted by Gasteiger charge is -2.17. The zero-order chi connectivity index (χ0) is 15.2. The van der Waals surface area contributed by atoms with Crippen molar-refractivity contribution in [2.24, 2.45) is 11.7 Å². The van der Waals surface area contributed by atoms with E-state index >= 15 is 0 Å². The molecule has 1 unspecified atom stereocenters. The molecular weight excluding hydrogens is 264 g/mol. The molecule has 0 radical (unpaired) electrons. The van der Waals surface area contributed by atoms with Crippen LogP contribution in [0.25, 0.3) is 0 Å². The largest absolute Gasteiger partial charge is 0.396 e. The van der Waals surface area contributed by atoms with Gasteiger partial charge in [0.25, 0.3) is 5.91 Å². The van der Waals surface area contributed by atoms with E-state index in [4.69, 9.17) is 10.8 Å². The molecule has 1 heterocycles. The standard InChI is InChI=1S/C17H22N2O2/c1-13-11-16(5-4-15(13)3-2-8-18)17(21)19-9-6-14(12-19)7-10-20/h4-5,11,14,20H,6-10,12,18H2,1H3. The van der Waals surface area contributed by atoms with Crippen molar-refractivity contribution in [1.82, 2.24) is 4.90 Å². The highest BCUT2D eigenvalue weighted by Gasteiger charge is 2.26. The quantitative estimate of drug-likeness (QED) is 0.819. The van der Waals surface area contributed by atoms with Gasteiger partial charge in [-0.3, -0.25) is 4.79 Å². The van der Waals surface area contributed by atoms with E-state index in [1.165, 1.54) is 0 Å². The Balaban J connectivity index is 2.08. The number of likely N-dealkylation sites (tertiary alicyclic amines) is 1. The van der Waals surface area contributed by atoms with Gasteiger partial charge in [-0.25, -0.2) is 0 Å². The van der Waals surface area contributed by atoms with Crippen molar-refractivity contribution >= 4 is 5.91 Å². The maximum absolute atomic E-state index is 12.5. The van der Waals surface area contributed by atoms with Crippen molar-refractivity contribution in [1.29, 1.82) is 0 Å². The third kappa shape index (κ3) is 3.84. The second kappa shape index (κ2) is 7.26. The molecule has 3 N–H and O–H groups in total. The predicted molar refractivity (Wildman–Crippen MR) is 82.8 cm³/mol. The number of nitrogens with zero attached hydrogens (tertiary/aromatic N) is 1. The van der Waals surface area contributed by atoms with Crippen LogP contribution >= 0.6 is 0 Å². The van der Waals surface area contributed by atoms with E-state index in [1.54, 1.807) is 0 Å². The lowest BCUT2D eigenvalue weighted by molar-refractivity contribution is 0.0784. The van der Waals surface area contributed by atoms with E-state index in [0.717, 1.165) is 37.1 Å². The van der Waals surface area contributed by atoms with E-state index in [-0.39, 0.29) is 12.5 Å². The first kappa shape index (κ1) is 15.6. The van der Waals surface area contributed by atoms with E-state index in [0.29, 0.717) is 18.0 Å². The molecular formula is C17H22N2O2. The molecule has 1 fully saturated rings. The van der Waals surface area contributed by atoms with Gasteiger partial charge in [-0.05, 0) is 49.4 Å². The molecule has 0 saturated carbocycles. The second-order valence-electron chi connectivity index (χ2n) is 5.45. The summed E-state index contributed by atoms with van der Waals surface area (Å²) in [6, 6.07) is 5.60. The van der Waals surface area contributed by atoms with Crippen molar-refractivity contribution in [3.63, 3.8) is 0 Å². The van der Waals surface area contributed by atoms with E-state index in [1.807, 2.05) is 30.0 Å². The Kier molecular flexibility index (Phi) is 5.38. The van der Waals surface area contributed by atoms with Gasteiger partial charge in [0.05, 0.1) is 6.54 Å². The van der Waals surface area contributed by atoms with Gasteiger partial charge in [0.15, 0.2) is 0 Å². The monoisotopic (exact) mass is 286 g/mol. The zero-order valence-corrected chi connectivity index (χ0v) is 12.4. The highest BCUT2D eigenvalue weighted by molar-refractivity contribution is 5.94. The normalized spacial score (nSPS) is 17.5. The number of nitrogens with two attached hydrogens (primary N) is 1. The van der Waals surface area contributed by atoms with Crippen LogP contribution in [-0.4, -0.2) is 42.2 Å². The van der Waals surface area contributed by atoms with Crippen LogP contribution in [0.3, 0.4) is 0 Å². The molecule has 1 amide bonds. The summed E-state index contributed by atoms with van der Waals surface area (Å²) in [5.74, 6) is 6.32. The summed E-state index contributed by atoms with van der Waals surface area (Å²) < 4.78 is 0. The fourth-order valence-electron chi connectivity index (χ4n) is 2.70. The summed E-state index contributed by atoms with van der Waals surface area (Å²) in [6.07, 6.45) is 1.75. The molecule has 0 aromatic heterocycles. The van der Waals surface area contributed by atoms with Crippen LogP contribution < -0.4 is 5.73 Å². The topological polar surface area (TPSA) is 66.6 Å². The van der Waals surface area contributed by atoms with Gasteiger partial charge in [-0.2, -0.15) is 0 Å². The number of aryl methyl sites for hydroxylation is 1. The van der Waals surface area contributed by atoms with Crippen LogP contribution in [0, 0.1) is 24.7 Å². The smallest absolute Gasteiger partial charge is 0.253 e. The average molecular weight is 286 g/mol. The van der Waals surface area contributed by atoms with Gasteiger partial charge >= 0.3 is 0 Å². The Morgan fingerprint density at radius 3 is 3.00 bits per heavy atom. The van der Waals surface area contributed by atoms with Crippen molar-refractivity contribution in [3.05, 3.63) is 34.9 Å². The molecule has 1 saturated heterocycles. The van der Waals surface area contributed by atoms with Crippen LogP contribution in [0.4, 0.5) is 0 Å². The Morgan fingerprint density at radius 1 is 1.52 bits per heavy atom. The molecule has 112 valence electrons. The third-order valence-electron chi connectivity index (χ3n) is 3.91. The first-order valence-corrected chi connectivity index (χ1v) is 7.35. The molecule has 0 spiro atoms. The molecule has 4 heteroatoms. The lowest BCUT2D eigenvalue weighted by atomic mass is 10.0. The van der Waals surface area contributed by atoms with Gasteiger partial charge in [0.1, 0.15) is 0 Å². The summed E-state index contributed by atoms with van der Waals surface area (Å²) in [7, 11) is 0. The van der Waals surface area contributed by atoms with Crippen LogP contribution in [-0.2, 0) is 0 Å². The number of aliphatic hydroxyl groups is 1. The first-order chi connectivity index (χ1) is 10.2. The van der Waals surface area contributed by atoms with Crippen molar-refractivity contribution in [2.45, 2.75) is 19.8 Å². The summed E-state index contributed by atoms with van der Waals surface area (Å²) in [5, 5.41) is 8.98. The fourth-order valence-corrected chi connectivity index (χ4v) is 2.70. The predicted octanol–water partition coefficient (Wildman–Crippen LogP) is 1.15. The summed E-state index contributed by atoms with van der Waals surface area (Å²) in [4.78, 5) is 14.4. The Hall–Kier alpha value is -1.83. The van der Waals surface area contributed by atoms with Gasteiger partial charge in [-0.15, -0.1) is 0 Å². The molecule has 21 heavy (non-hydrogen) atoms. The minimum absolute atomic E-state index is 0.0665. The number of benzene rings is 1. The highest BCUT2D eigenvalue weighted by Crippen LogP contribution is 2.22. The minimum Gasteiger partial charge on any atom is -0.396 e. The number of amides is 1. The number of hydrogen-bond donors (Lipinski definition) is 2. The van der Waals surface area contributed by atoms with Crippen LogP contribution in [0.15, 0.2) is 18.2 Å². The van der Waals surface area contributed by atoms with Gasteiger partial charge in [0, 0.05) is 30.8 Å². The molecule has 1 aliphatic rings. The number of carbonyl (C=O) groups is 1. The first-order valence-electron chi connectivity index (χ1n) is 7.35. The Bertz CT molecular complexity index is 572. The number of rotatable bonds is 3. The Morgan fingerprint density at radius 2 is 2.33 bits per heavy atom. The summed E-state index contributed by atoms with van der Waals surface area (Å²) in [5.41, 5.74) is 7.98. The lowest BCUT2D eigenvalue weighted by Crippen LogP contribution is -2.28. The maximum atomic E-state index is 12.5. The highest BCUT2D eigenvalue weighted by atomic mass is 16.3. The van der Waals surface area contributed by atoms with Crippen LogP contribution in [0.1, 0.15) is 34.3 Å². The van der Waals surface area contributed by atoms with E-state index in [9.17, 15) is 4.79 Å². The van der Waals surface area contributed by atoms with Gasteiger partial charge in [-0.1, -0.05) is 11.8 Å². The van der Waals surface area contributed by atoms with Crippen molar-refractivity contribution in [3.8, 4) is 11.8 Å². The maximum Gasteiger partial charge on any atom is 0.253 e. The molecule has 2 rings (SSSR count). The molecule has 0 bridgehead atoms. The van der Waals surface area contributed by atoms with Crippen LogP contribution in [0.5, 0.6) is 0 Å². The minimum atomic E-state index is 0.0665. The summed E-state index contributed by atoms with van der Waals surface area (Å²) in [6.45, 7) is 4.00. The molecule has 1 aliphatic heterocycles. The average Bonchev–Trinajstić information content (AvgIpc) is 2.94. The van der Waals surface area contributed by atoms with Crippen molar-refractivity contribution < 1.29 is 9.90 Å². The molecule has 4 nitrogen and oxygen atoms in total. The van der Waals surface area contributed by atoms with Gasteiger partial charge < -0.3 is 15.7 Å². The number of hydrogen-bond acceptors (Lipinski definition) is 3. The SMILES string of the molecule is Cc1cc(C(=O)N2CCC(CCO)C2)ccc1C#CCN. The molecule has 1 aromatic rings. The number of aliphatic hydroxyl groups excluding tert-OH is 1. The third-order valence-corrected chi connectivity index (χ3v) is 3.91. The van der Waals surface area contributed by atoms with E-state index < -0.39 is 0 Å². The summed E-state index contributed by atoms with van der Waals surface area (Å²) >= 11 is 0.